The molecule has 0 radical (unpaired) electrons. The summed E-state index contributed by atoms with van der Waals surface area (Å²) < 4.78 is 79.8. The predicted octanol–water partition coefficient (Wildman–Crippen LogP) is 3.35. The van der Waals surface area contributed by atoms with Crippen LogP contribution in [-0.4, -0.2) is 17.6 Å². The largest absolute Gasteiger partial charge is 0.461 e. The number of esters is 1. The molecule has 3 nitrogen and oxygen atoms in total. The van der Waals surface area contributed by atoms with Crippen LogP contribution in [0.5, 0.6) is 0 Å². The van der Waals surface area contributed by atoms with Gasteiger partial charge in [0.2, 0.25) is 5.95 Å². The molecule has 0 amide bonds. The molecule has 19 heavy (non-hydrogen) atoms. The summed E-state index contributed by atoms with van der Waals surface area (Å²) in [6, 6.07) is -0.140. The van der Waals surface area contributed by atoms with Crippen molar-refractivity contribution in [2.24, 2.45) is 0 Å². The highest BCUT2D eigenvalue weighted by Gasteiger charge is 2.39. The minimum Gasteiger partial charge on any atom is -0.461 e. The van der Waals surface area contributed by atoms with E-state index in [0.717, 1.165) is 0 Å². The maximum atomic E-state index is 13.1. The second-order valence-corrected chi connectivity index (χ2v) is 3.28. The number of carbonyl (C=O) groups is 1. The summed E-state index contributed by atoms with van der Waals surface area (Å²) >= 11 is 0. The van der Waals surface area contributed by atoms with Crippen LogP contribution < -0.4 is 0 Å². The van der Waals surface area contributed by atoms with Crippen LogP contribution in [0.25, 0.3) is 0 Å². The number of carbonyl (C=O) groups excluding carboxylic acids is 1. The van der Waals surface area contributed by atoms with Gasteiger partial charge in [-0.3, -0.25) is 0 Å². The Bertz CT molecular complexity index is 486. The first kappa shape index (κ1) is 15.3. The van der Waals surface area contributed by atoms with Gasteiger partial charge in [-0.25, -0.2) is 18.6 Å². The smallest absolute Gasteiger partial charge is 0.418 e. The molecule has 9 heteroatoms. The number of hydrogen-bond donors (Lipinski definition) is 0. The topological polar surface area (TPSA) is 39.2 Å². The highest BCUT2D eigenvalue weighted by atomic mass is 19.4. The van der Waals surface area contributed by atoms with E-state index in [1.54, 1.807) is 0 Å². The minimum absolute atomic E-state index is 0.140. The van der Waals surface area contributed by atoms with Crippen molar-refractivity contribution >= 4 is 5.97 Å². The Labute approximate surface area is 103 Å². The highest BCUT2D eigenvalue weighted by Crippen LogP contribution is 2.34. The molecule has 0 aromatic carbocycles. The van der Waals surface area contributed by atoms with Crippen LogP contribution in [0.3, 0.4) is 0 Å². The molecule has 0 spiro atoms. The fraction of sp³-hybridized carbons (Fsp3) is 0.400. The standard InChI is InChI=1S/C10H7F6NO2/c1-2-19-9(18)6-5(10(14,15)16)3-4(7(11)12)8(13)17-6/h3,7H,2H2,1H3. The monoisotopic (exact) mass is 287 g/mol. The molecular formula is C10H7F6NO2. The van der Waals surface area contributed by atoms with Gasteiger partial charge in [0.1, 0.15) is 0 Å². The molecule has 1 rings (SSSR count). The quantitative estimate of drug-likeness (QED) is 0.486. The predicted molar refractivity (Wildman–Crippen MR) is 50.1 cm³/mol. The summed E-state index contributed by atoms with van der Waals surface area (Å²) in [6.07, 6.45) is -8.61. The van der Waals surface area contributed by atoms with E-state index >= 15 is 0 Å². The van der Waals surface area contributed by atoms with Crippen molar-refractivity contribution in [3.63, 3.8) is 0 Å². The van der Waals surface area contributed by atoms with Crippen molar-refractivity contribution in [2.75, 3.05) is 6.61 Å². The maximum absolute atomic E-state index is 13.1. The number of alkyl halides is 5. The second kappa shape index (κ2) is 5.45. The molecule has 0 unspecified atom stereocenters. The summed E-state index contributed by atoms with van der Waals surface area (Å²) in [5.41, 5.74) is -4.67. The van der Waals surface area contributed by atoms with E-state index in [0.29, 0.717) is 0 Å². The first-order chi connectivity index (χ1) is 8.68. The van der Waals surface area contributed by atoms with Crippen molar-refractivity contribution in [3.8, 4) is 0 Å². The van der Waals surface area contributed by atoms with Crippen molar-refractivity contribution < 1.29 is 35.9 Å². The fourth-order valence-corrected chi connectivity index (χ4v) is 1.23. The second-order valence-electron chi connectivity index (χ2n) is 3.28. The third-order valence-electron chi connectivity index (χ3n) is 2.01. The van der Waals surface area contributed by atoms with Gasteiger partial charge >= 0.3 is 12.1 Å². The van der Waals surface area contributed by atoms with Gasteiger partial charge in [-0.05, 0) is 13.0 Å². The molecule has 1 heterocycles. The summed E-state index contributed by atoms with van der Waals surface area (Å²) in [5.74, 6) is -3.37. The lowest BCUT2D eigenvalue weighted by atomic mass is 10.1. The van der Waals surface area contributed by atoms with Gasteiger partial charge < -0.3 is 4.74 Å². The summed E-state index contributed by atoms with van der Waals surface area (Å²) in [6.45, 7) is 1.05. The van der Waals surface area contributed by atoms with Gasteiger partial charge in [0.05, 0.1) is 17.7 Å². The van der Waals surface area contributed by atoms with Crippen molar-refractivity contribution in [1.29, 1.82) is 0 Å². The zero-order valence-electron chi connectivity index (χ0n) is 9.39. The third kappa shape index (κ3) is 3.36. The van der Waals surface area contributed by atoms with E-state index in [1.807, 2.05) is 0 Å². The van der Waals surface area contributed by atoms with Crippen molar-refractivity contribution in [1.82, 2.24) is 4.98 Å². The summed E-state index contributed by atoms with van der Waals surface area (Å²) in [4.78, 5) is 13.8. The van der Waals surface area contributed by atoms with E-state index in [-0.39, 0.29) is 12.7 Å². The zero-order valence-corrected chi connectivity index (χ0v) is 9.39. The van der Waals surface area contributed by atoms with E-state index < -0.39 is 41.3 Å². The van der Waals surface area contributed by atoms with Crippen LogP contribution in [0, 0.1) is 5.95 Å². The van der Waals surface area contributed by atoms with Crippen molar-refractivity contribution in [2.45, 2.75) is 19.5 Å². The molecule has 0 fully saturated rings. The van der Waals surface area contributed by atoms with Crippen LogP contribution in [0.4, 0.5) is 26.3 Å². The number of rotatable bonds is 3. The van der Waals surface area contributed by atoms with Gasteiger partial charge in [-0.2, -0.15) is 17.6 Å². The minimum atomic E-state index is -5.13. The van der Waals surface area contributed by atoms with E-state index in [9.17, 15) is 31.1 Å². The van der Waals surface area contributed by atoms with Crippen LogP contribution in [-0.2, 0) is 10.9 Å². The Kier molecular flexibility index (Phi) is 4.38. The number of nitrogens with zero attached hydrogens (tertiary/aromatic N) is 1. The van der Waals surface area contributed by atoms with Gasteiger partial charge in [0, 0.05) is 0 Å². The van der Waals surface area contributed by atoms with Crippen LogP contribution in [0.1, 0.15) is 35.0 Å². The molecule has 1 aromatic heterocycles. The molecule has 0 atom stereocenters. The van der Waals surface area contributed by atoms with Gasteiger partial charge in [0.15, 0.2) is 5.69 Å². The average Bonchev–Trinajstić information content (AvgIpc) is 2.26. The highest BCUT2D eigenvalue weighted by molar-refractivity contribution is 5.89. The molecular weight excluding hydrogens is 280 g/mol. The summed E-state index contributed by atoms with van der Waals surface area (Å²) in [5, 5.41) is 0. The number of hydrogen-bond acceptors (Lipinski definition) is 3. The van der Waals surface area contributed by atoms with E-state index in [4.69, 9.17) is 0 Å². The number of pyridine rings is 1. The molecule has 0 bridgehead atoms. The maximum Gasteiger partial charge on any atom is 0.418 e. The molecule has 0 aliphatic heterocycles. The van der Waals surface area contributed by atoms with Gasteiger partial charge in [-0.15, -0.1) is 0 Å². The number of aromatic nitrogens is 1. The Morgan fingerprint density at radius 2 is 2.00 bits per heavy atom. The third-order valence-corrected chi connectivity index (χ3v) is 2.01. The zero-order chi connectivity index (χ0) is 14.8. The summed E-state index contributed by atoms with van der Waals surface area (Å²) in [7, 11) is 0. The first-order valence-corrected chi connectivity index (χ1v) is 4.91. The molecule has 1 aromatic rings. The molecule has 0 aliphatic carbocycles. The molecule has 0 saturated carbocycles. The van der Waals surface area contributed by atoms with Gasteiger partial charge in [0.25, 0.3) is 6.43 Å². The number of ether oxygens (including phenoxy) is 1. The average molecular weight is 287 g/mol. The lowest BCUT2D eigenvalue weighted by Gasteiger charge is -2.13. The van der Waals surface area contributed by atoms with Gasteiger partial charge in [-0.1, -0.05) is 0 Å². The number of halogens is 6. The SMILES string of the molecule is CCOC(=O)c1nc(F)c(C(F)F)cc1C(F)(F)F. The van der Waals surface area contributed by atoms with Crippen LogP contribution in [0.2, 0.25) is 0 Å². The molecule has 0 aliphatic rings. The Morgan fingerprint density at radius 3 is 2.42 bits per heavy atom. The Balaban J connectivity index is 3.45. The molecule has 0 N–H and O–H groups in total. The lowest BCUT2D eigenvalue weighted by Crippen LogP contribution is -2.19. The van der Waals surface area contributed by atoms with Crippen molar-refractivity contribution in [3.05, 3.63) is 28.8 Å². The van der Waals surface area contributed by atoms with Crippen LogP contribution >= 0.6 is 0 Å². The normalized spacial score (nSPS) is 11.8. The van der Waals surface area contributed by atoms with Crippen LogP contribution in [0.15, 0.2) is 6.07 Å². The Morgan fingerprint density at radius 1 is 1.42 bits per heavy atom. The Hall–Kier alpha value is -1.80. The fourth-order valence-electron chi connectivity index (χ4n) is 1.23. The van der Waals surface area contributed by atoms with E-state index in [2.05, 4.69) is 9.72 Å². The molecule has 0 saturated heterocycles. The van der Waals surface area contributed by atoms with E-state index in [1.165, 1.54) is 6.92 Å². The molecule has 106 valence electrons. The first-order valence-electron chi connectivity index (χ1n) is 4.91. The lowest BCUT2D eigenvalue weighted by molar-refractivity contribution is -0.138.